The average molecular weight is 200 g/mol. The van der Waals surface area contributed by atoms with E-state index in [1.54, 1.807) is 12.1 Å². The van der Waals surface area contributed by atoms with Gasteiger partial charge in [0.25, 0.3) is 0 Å². The van der Waals surface area contributed by atoms with Crippen LogP contribution in [0.4, 0.5) is 4.39 Å². The molecule has 1 aromatic carbocycles. The van der Waals surface area contributed by atoms with Gasteiger partial charge in [-0.05, 0) is 36.7 Å². The fraction of sp³-hybridized carbons (Fsp3) is 0.200. The molecule has 0 aliphatic heterocycles. The van der Waals surface area contributed by atoms with Crippen LogP contribution in [0.15, 0.2) is 24.3 Å². The Bertz CT molecular complexity index is 310. The zero-order valence-electron chi connectivity index (χ0n) is 7.13. The Morgan fingerprint density at radius 1 is 1.46 bits per heavy atom. The number of rotatable bonds is 3. The van der Waals surface area contributed by atoms with Crippen molar-refractivity contribution in [1.82, 2.24) is 0 Å². The van der Waals surface area contributed by atoms with Gasteiger partial charge < -0.3 is 5.73 Å². The van der Waals surface area contributed by atoms with Crippen LogP contribution in [-0.2, 0) is 0 Å². The van der Waals surface area contributed by atoms with Crippen molar-refractivity contribution in [1.29, 1.82) is 0 Å². The second kappa shape index (κ2) is 5.00. The van der Waals surface area contributed by atoms with Gasteiger partial charge in [-0.1, -0.05) is 23.8 Å². The van der Waals surface area contributed by atoms with Gasteiger partial charge in [0.2, 0.25) is 0 Å². The summed E-state index contributed by atoms with van der Waals surface area (Å²) in [5, 5.41) is 0.551. The normalized spacial score (nSPS) is 11.0. The molecule has 3 heteroatoms. The van der Waals surface area contributed by atoms with Crippen molar-refractivity contribution in [3.63, 3.8) is 0 Å². The van der Waals surface area contributed by atoms with Crippen molar-refractivity contribution in [3.05, 3.63) is 40.7 Å². The summed E-state index contributed by atoms with van der Waals surface area (Å²) in [6, 6.07) is 4.27. The summed E-state index contributed by atoms with van der Waals surface area (Å²) in [7, 11) is 0. The Kier molecular flexibility index (Phi) is 3.93. The second-order valence-electron chi connectivity index (χ2n) is 2.65. The summed E-state index contributed by atoms with van der Waals surface area (Å²) in [5.74, 6) is -0.281. The third kappa shape index (κ3) is 3.17. The van der Waals surface area contributed by atoms with Crippen LogP contribution in [0.2, 0.25) is 5.02 Å². The lowest BCUT2D eigenvalue weighted by Gasteiger charge is -1.97. The molecule has 70 valence electrons. The lowest BCUT2D eigenvalue weighted by atomic mass is 10.2. The van der Waals surface area contributed by atoms with Gasteiger partial charge in [0.1, 0.15) is 5.82 Å². The lowest BCUT2D eigenvalue weighted by Crippen LogP contribution is -1.95. The maximum absolute atomic E-state index is 12.7. The Labute approximate surface area is 82.0 Å². The molecule has 0 bridgehead atoms. The van der Waals surface area contributed by atoms with E-state index in [4.69, 9.17) is 17.3 Å². The molecule has 2 N–H and O–H groups in total. The molecule has 0 aromatic heterocycles. The Morgan fingerprint density at radius 3 is 2.92 bits per heavy atom. The lowest BCUT2D eigenvalue weighted by molar-refractivity contribution is 0.627. The van der Waals surface area contributed by atoms with Crippen LogP contribution in [0.25, 0.3) is 6.08 Å². The minimum absolute atomic E-state index is 0.281. The molecular weight excluding hydrogens is 189 g/mol. The van der Waals surface area contributed by atoms with E-state index >= 15 is 0 Å². The highest BCUT2D eigenvalue weighted by atomic mass is 35.5. The zero-order valence-corrected chi connectivity index (χ0v) is 7.89. The van der Waals surface area contributed by atoms with Crippen LogP contribution in [0.1, 0.15) is 12.0 Å². The topological polar surface area (TPSA) is 26.0 Å². The smallest absolute Gasteiger partial charge is 0.123 e. The molecule has 0 atom stereocenters. The van der Waals surface area contributed by atoms with Crippen molar-refractivity contribution in [2.24, 2.45) is 5.73 Å². The van der Waals surface area contributed by atoms with E-state index in [2.05, 4.69) is 0 Å². The highest BCUT2D eigenvalue weighted by Crippen LogP contribution is 2.18. The summed E-state index contributed by atoms with van der Waals surface area (Å²) in [4.78, 5) is 0. The van der Waals surface area contributed by atoms with Gasteiger partial charge >= 0.3 is 0 Å². The molecule has 0 aliphatic carbocycles. The van der Waals surface area contributed by atoms with E-state index in [1.165, 1.54) is 12.1 Å². The van der Waals surface area contributed by atoms with E-state index in [0.29, 0.717) is 17.1 Å². The molecule has 0 saturated carbocycles. The van der Waals surface area contributed by atoms with Crippen LogP contribution in [0.3, 0.4) is 0 Å². The first-order chi connectivity index (χ1) is 6.24. The molecular formula is C10H11ClFN. The van der Waals surface area contributed by atoms with E-state index in [0.717, 1.165) is 6.42 Å². The molecule has 0 radical (unpaired) electrons. The van der Waals surface area contributed by atoms with E-state index in [-0.39, 0.29) is 5.82 Å². The molecule has 0 aliphatic rings. The quantitative estimate of drug-likeness (QED) is 0.796. The molecule has 0 saturated heterocycles. The predicted molar refractivity (Wildman–Crippen MR) is 54.1 cm³/mol. The monoisotopic (exact) mass is 199 g/mol. The number of benzene rings is 1. The molecule has 0 spiro atoms. The second-order valence-corrected chi connectivity index (χ2v) is 3.05. The average Bonchev–Trinajstić information content (AvgIpc) is 2.11. The Hall–Kier alpha value is -0.860. The Balaban J connectivity index is 2.81. The first-order valence-corrected chi connectivity index (χ1v) is 4.43. The number of nitrogens with two attached hydrogens (primary N) is 1. The van der Waals surface area contributed by atoms with Gasteiger partial charge in [-0.3, -0.25) is 0 Å². The number of hydrogen-bond acceptors (Lipinski definition) is 1. The van der Waals surface area contributed by atoms with Crippen LogP contribution in [0, 0.1) is 5.82 Å². The van der Waals surface area contributed by atoms with Gasteiger partial charge in [-0.25, -0.2) is 4.39 Å². The maximum atomic E-state index is 12.7. The van der Waals surface area contributed by atoms with Crippen LogP contribution < -0.4 is 5.73 Å². The first-order valence-electron chi connectivity index (χ1n) is 4.05. The minimum atomic E-state index is -0.281. The maximum Gasteiger partial charge on any atom is 0.123 e. The summed E-state index contributed by atoms with van der Waals surface area (Å²) in [6.07, 6.45) is 4.42. The molecule has 0 amide bonds. The molecule has 0 fully saturated rings. The summed E-state index contributed by atoms with van der Waals surface area (Å²) in [5.41, 5.74) is 5.99. The third-order valence-electron chi connectivity index (χ3n) is 1.59. The highest BCUT2D eigenvalue weighted by molar-refractivity contribution is 6.32. The van der Waals surface area contributed by atoms with Crippen LogP contribution >= 0.6 is 11.6 Å². The standard InChI is InChI=1S/C10H11ClFN/c11-10-5-4-9(12)7-8(10)3-1-2-6-13/h1,3-5,7H,2,6,13H2. The van der Waals surface area contributed by atoms with Crippen molar-refractivity contribution in [2.45, 2.75) is 6.42 Å². The van der Waals surface area contributed by atoms with Crippen molar-refractivity contribution < 1.29 is 4.39 Å². The molecule has 1 nitrogen and oxygen atoms in total. The summed E-state index contributed by atoms with van der Waals surface area (Å²) in [6.45, 7) is 0.587. The largest absolute Gasteiger partial charge is 0.330 e. The number of hydrogen-bond donors (Lipinski definition) is 1. The Morgan fingerprint density at radius 2 is 2.23 bits per heavy atom. The SMILES string of the molecule is NCCC=Cc1cc(F)ccc1Cl. The van der Waals surface area contributed by atoms with Crippen molar-refractivity contribution in [2.75, 3.05) is 6.54 Å². The van der Waals surface area contributed by atoms with Gasteiger partial charge in [0.05, 0.1) is 0 Å². The van der Waals surface area contributed by atoms with Gasteiger partial charge in [0.15, 0.2) is 0 Å². The molecule has 13 heavy (non-hydrogen) atoms. The molecule has 1 aromatic rings. The first kappa shape index (κ1) is 10.2. The summed E-state index contributed by atoms with van der Waals surface area (Å²) >= 11 is 5.83. The van der Waals surface area contributed by atoms with E-state index in [1.807, 2.05) is 6.08 Å². The van der Waals surface area contributed by atoms with Crippen molar-refractivity contribution in [3.8, 4) is 0 Å². The van der Waals surface area contributed by atoms with Crippen LogP contribution in [0.5, 0.6) is 0 Å². The molecule has 1 rings (SSSR count). The number of halogens is 2. The van der Waals surface area contributed by atoms with Gasteiger partial charge in [0, 0.05) is 5.02 Å². The minimum Gasteiger partial charge on any atom is -0.330 e. The van der Waals surface area contributed by atoms with E-state index < -0.39 is 0 Å². The molecule has 0 heterocycles. The molecule has 0 unspecified atom stereocenters. The highest BCUT2D eigenvalue weighted by Gasteiger charge is 1.97. The predicted octanol–water partition coefficient (Wildman–Crippen LogP) is 2.84. The van der Waals surface area contributed by atoms with Crippen molar-refractivity contribution >= 4 is 17.7 Å². The zero-order chi connectivity index (χ0) is 9.68. The fourth-order valence-corrected chi connectivity index (χ4v) is 1.13. The fourth-order valence-electron chi connectivity index (χ4n) is 0.949. The van der Waals surface area contributed by atoms with Crippen LogP contribution in [-0.4, -0.2) is 6.54 Å². The van der Waals surface area contributed by atoms with E-state index in [9.17, 15) is 4.39 Å². The summed E-state index contributed by atoms with van der Waals surface area (Å²) < 4.78 is 12.7. The van der Waals surface area contributed by atoms with Gasteiger partial charge in [-0.15, -0.1) is 0 Å². The third-order valence-corrected chi connectivity index (χ3v) is 1.93. The van der Waals surface area contributed by atoms with Gasteiger partial charge in [-0.2, -0.15) is 0 Å².